The maximum atomic E-state index is 13.0. The highest BCUT2D eigenvalue weighted by Gasteiger charge is 2.19. The number of carbonyl (C=O) groups excluding carboxylic acids is 1. The van der Waals surface area contributed by atoms with Crippen LogP contribution in [0.25, 0.3) is 11.4 Å². The highest BCUT2D eigenvalue weighted by atomic mass is 16.2. The van der Waals surface area contributed by atoms with Crippen molar-refractivity contribution in [2.45, 2.75) is 13.5 Å². The van der Waals surface area contributed by atoms with E-state index in [1.54, 1.807) is 12.1 Å². The second-order valence-electron chi connectivity index (χ2n) is 6.50. The fourth-order valence-electron chi connectivity index (χ4n) is 2.99. The summed E-state index contributed by atoms with van der Waals surface area (Å²) in [4.78, 5) is 17.7. The minimum atomic E-state index is -0.219. The molecule has 0 unspecified atom stereocenters. The molecule has 1 heterocycles. The second kappa shape index (κ2) is 7.88. The molecule has 0 aliphatic rings. The van der Waals surface area contributed by atoms with Gasteiger partial charge in [0, 0.05) is 17.7 Å². The first kappa shape index (κ1) is 17.7. The summed E-state index contributed by atoms with van der Waals surface area (Å²) in [6.07, 6.45) is 0. The van der Waals surface area contributed by atoms with Gasteiger partial charge in [0.15, 0.2) is 5.82 Å². The molecule has 5 heteroatoms. The van der Waals surface area contributed by atoms with Gasteiger partial charge < -0.3 is 5.32 Å². The van der Waals surface area contributed by atoms with Crippen LogP contribution >= 0.6 is 0 Å². The highest BCUT2D eigenvalue weighted by Crippen LogP contribution is 2.22. The molecule has 138 valence electrons. The van der Waals surface area contributed by atoms with Crippen LogP contribution in [-0.2, 0) is 6.54 Å². The van der Waals surface area contributed by atoms with Crippen molar-refractivity contribution in [3.8, 4) is 11.4 Å². The zero-order chi connectivity index (χ0) is 19.3. The van der Waals surface area contributed by atoms with Crippen molar-refractivity contribution < 1.29 is 4.79 Å². The predicted molar refractivity (Wildman–Crippen MR) is 110 cm³/mol. The Morgan fingerprint density at radius 2 is 1.54 bits per heavy atom. The van der Waals surface area contributed by atoms with E-state index in [2.05, 4.69) is 15.4 Å². The molecule has 0 amide bonds. The number of nitrogens with zero attached hydrogens (tertiary/aromatic N) is 3. The number of carbonyl (C=O) groups is 1. The van der Waals surface area contributed by atoms with Crippen LogP contribution in [0.15, 0.2) is 84.9 Å². The number of hydrogen-bond donors (Lipinski definition) is 1. The summed E-state index contributed by atoms with van der Waals surface area (Å²) in [5.74, 6) is 0.734. The quantitative estimate of drug-likeness (QED) is 0.561. The van der Waals surface area contributed by atoms with Gasteiger partial charge in [-0.15, -0.1) is 5.10 Å². The van der Waals surface area contributed by atoms with Gasteiger partial charge in [0.25, 0.3) is 5.91 Å². The molecule has 0 aliphatic carbocycles. The van der Waals surface area contributed by atoms with Crippen molar-refractivity contribution >= 4 is 11.9 Å². The van der Waals surface area contributed by atoms with Gasteiger partial charge in [0.1, 0.15) is 0 Å². The van der Waals surface area contributed by atoms with Crippen molar-refractivity contribution in [2.75, 3.05) is 5.32 Å². The summed E-state index contributed by atoms with van der Waals surface area (Å²) >= 11 is 0. The molecule has 0 radical (unpaired) electrons. The first-order valence-electron chi connectivity index (χ1n) is 9.13. The maximum absolute atomic E-state index is 13.0. The van der Waals surface area contributed by atoms with Gasteiger partial charge in [-0.1, -0.05) is 72.8 Å². The largest absolute Gasteiger partial charge is 0.350 e. The molecule has 0 atom stereocenters. The normalized spacial score (nSPS) is 10.6. The van der Waals surface area contributed by atoms with Gasteiger partial charge in [-0.2, -0.15) is 9.67 Å². The number of aryl methyl sites for hydroxylation is 1. The van der Waals surface area contributed by atoms with Crippen molar-refractivity contribution in [1.82, 2.24) is 14.8 Å². The van der Waals surface area contributed by atoms with Crippen molar-refractivity contribution in [1.29, 1.82) is 0 Å². The summed E-state index contributed by atoms with van der Waals surface area (Å²) in [7, 11) is 0. The van der Waals surface area contributed by atoms with Crippen LogP contribution in [0.5, 0.6) is 0 Å². The zero-order valence-corrected chi connectivity index (χ0v) is 15.5. The Morgan fingerprint density at radius 3 is 2.25 bits per heavy atom. The van der Waals surface area contributed by atoms with Crippen LogP contribution in [0.1, 0.15) is 21.5 Å². The number of nitrogens with one attached hydrogen (secondary N) is 1. The fourth-order valence-corrected chi connectivity index (χ4v) is 2.99. The van der Waals surface area contributed by atoms with Crippen LogP contribution in [0.2, 0.25) is 0 Å². The lowest BCUT2D eigenvalue weighted by Crippen LogP contribution is -2.17. The lowest BCUT2D eigenvalue weighted by Gasteiger charge is -2.07. The van der Waals surface area contributed by atoms with Crippen LogP contribution in [0.4, 0.5) is 5.95 Å². The molecule has 28 heavy (non-hydrogen) atoms. The Morgan fingerprint density at radius 1 is 0.893 bits per heavy atom. The van der Waals surface area contributed by atoms with Crippen LogP contribution < -0.4 is 5.32 Å². The Bertz CT molecular complexity index is 1090. The average molecular weight is 368 g/mol. The van der Waals surface area contributed by atoms with Gasteiger partial charge in [0.05, 0.1) is 0 Å². The SMILES string of the molecule is Cc1ccccc1-c1nc(NCc2ccccc2)n(C(=O)c2ccccc2)n1. The van der Waals surface area contributed by atoms with E-state index in [4.69, 9.17) is 0 Å². The van der Waals surface area contributed by atoms with Crippen LogP contribution in [0.3, 0.4) is 0 Å². The Hall–Kier alpha value is -3.73. The van der Waals surface area contributed by atoms with Gasteiger partial charge >= 0.3 is 0 Å². The van der Waals surface area contributed by atoms with E-state index >= 15 is 0 Å². The molecule has 0 saturated carbocycles. The van der Waals surface area contributed by atoms with Gasteiger partial charge in [0.2, 0.25) is 5.95 Å². The van der Waals surface area contributed by atoms with Crippen molar-refractivity contribution in [3.05, 3.63) is 102 Å². The number of aromatic nitrogens is 3. The van der Waals surface area contributed by atoms with E-state index in [0.717, 1.165) is 16.7 Å². The van der Waals surface area contributed by atoms with Gasteiger partial charge in [-0.05, 0) is 30.2 Å². The molecular weight excluding hydrogens is 348 g/mol. The number of benzene rings is 3. The Kier molecular flexibility index (Phi) is 4.97. The molecule has 5 nitrogen and oxygen atoms in total. The molecule has 1 N–H and O–H groups in total. The first-order valence-corrected chi connectivity index (χ1v) is 9.13. The molecule has 0 aliphatic heterocycles. The van der Waals surface area contributed by atoms with E-state index < -0.39 is 0 Å². The van der Waals surface area contributed by atoms with E-state index in [0.29, 0.717) is 23.9 Å². The number of rotatable bonds is 5. The third kappa shape index (κ3) is 3.69. The van der Waals surface area contributed by atoms with Gasteiger partial charge in [-0.25, -0.2) is 0 Å². The summed E-state index contributed by atoms with van der Waals surface area (Å²) in [6.45, 7) is 2.56. The molecular formula is C23H20N4O. The van der Waals surface area contributed by atoms with E-state index in [9.17, 15) is 4.79 Å². The van der Waals surface area contributed by atoms with Crippen molar-refractivity contribution in [2.24, 2.45) is 0 Å². The van der Waals surface area contributed by atoms with E-state index in [-0.39, 0.29) is 5.91 Å². The van der Waals surface area contributed by atoms with Crippen molar-refractivity contribution in [3.63, 3.8) is 0 Å². The number of anilines is 1. The summed E-state index contributed by atoms with van der Waals surface area (Å²) in [6, 6.07) is 27.0. The minimum absolute atomic E-state index is 0.219. The molecule has 0 fully saturated rings. The lowest BCUT2D eigenvalue weighted by atomic mass is 10.1. The highest BCUT2D eigenvalue weighted by molar-refractivity contribution is 5.97. The standard InChI is InChI=1S/C23H20N4O/c1-17-10-8-9-15-20(17)21-25-23(24-16-18-11-4-2-5-12-18)27(26-21)22(28)19-13-6-3-7-14-19/h2-15H,16H2,1H3,(H,24,25,26). The summed E-state index contributed by atoms with van der Waals surface area (Å²) in [5.41, 5.74) is 3.62. The number of hydrogen-bond acceptors (Lipinski definition) is 4. The molecule has 0 bridgehead atoms. The van der Waals surface area contributed by atoms with Crippen LogP contribution in [0, 0.1) is 6.92 Å². The predicted octanol–water partition coefficient (Wildman–Crippen LogP) is 4.55. The summed E-state index contributed by atoms with van der Waals surface area (Å²) < 4.78 is 1.35. The van der Waals surface area contributed by atoms with E-state index in [1.807, 2.05) is 79.7 Å². The molecule has 3 aromatic carbocycles. The zero-order valence-electron chi connectivity index (χ0n) is 15.5. The maximum Gasteiger partial charge on any atom is 0.281 e. The molecule has 0 saturated heterocycles. The third-order valence-corrected chi connectivity index (χ3v) is 4.50. The average Bonchev–Trinajstić information content (AvgIpc) is 3.17. The first-order chi connectivity index (χ1) is 13.7. The molecule has 0 spiro atoms. The summed E-state index contributed by atoms with van der Waals surface area (Å²) in [5, 5.41) is 7.78. The second-order valence-corrected chi connectivity index (χ2v) is 6.50. The van der Waals surface area contributed by atoms with Crippen LogP contribution in [-0.4, -0.2) is 20.7 Å². The fraction of sp³-hybridized carbons (Fsp3) is 0.0870. The van der Waals surface area contributed by atoms with E-state index in [1.165, 1.54) is 4.68 Å². The topological polar surface area (TPSA) is 59.8 Å². The third-order valence-electron chi connectivity index (χ3n) is 4.50. The van der Waals surface area contributed by atoms with Gasteiger partial charge in [-0.3, -0.25) is 4.79 Å². The molecule has 4 rings (SSSR count). The Balaban J connectivity index is 1.72. The minimum Gasteiger partial charge on any atom is -0.350 e. The Labute approximate surface area is 163 Å². The lowest BCUT2D eigenvalue weighted by molar-refractivity contribution is 0.0947. The molecule has 4 aromatic rings. The monoisotopic (exact) mass is 368 g/mol. The molecule has 1 aromatic heterocycles. The smallest absolute Gasteiger partial charge is 0.281 e.